The molecule has 84 valence electrons. The predicted octanol–water partition coefficient (Wildman–Crippen LogP) is 3.21. The van der Waals surface area contributed by atoms with E-state index in [0.29, 0.717) is 5.92 Å². The minimum absolute atomic E-state index is 0.615. The van der Waals surface area contributed by atoms with Crippen LogP contribution in [0.4, 0.5) is 0 Å². The maximum atomic E-state index is 5.37. The van der Waals surface area contributed by atoms with Crippen LogP contribution in [0.5, 0.6) is 11.5 Å². The second kappa shape index (κ2) is 5.06. The van der Waals surface area contributed by atoms with Crippen LogP contribution in [0.2, 0.25) is 0 Å². The van der Waals surface area contributed by atoms with E-state index in [1.807, 2.05) is 12.1 Å². The molecule has 0 aliphatic rings. The van der Waals surface area contributed by atoms with Crippen molar-refractivity contribution in [1.29, 1.82) is 0 Å². The summed E-state index contributed by atoms with van der Waals surface area (Å²) in [7, 11) is 3.42. The summed E-state index contributed by atoms with van der Waals surface area (Å²) in [5.41, 5.74) is 2.44. The highest BCUT2D eigenvalue weighted by atomic mass is 16.5. The van der Waals surface area contributed by atoms with Gasteiger partial charge in [0.05, 0.1) is 14.2 Å². The molecule has 0 bridgehead atoms. The third-order valence-corrected chi connectivity index (χ3v) is 2.56. The predicted molar refractivity (Wildman–Crippen MR) is 62.8 cm³/mol. The lowest BCUT2D eigenvalue weighted by Gasteiger charge is -2.16. The molecule has 0 atom stereocenters. The molecule has 15 heavy (non-hydrogen) atoms. The lowest BCUT2D eigenvalue weighted by atomic mass is 9.97. The van der Waals surface area contributed by atoms with Crippen LogP contribution in [0.1, 0.15) is 25.0 Å². The minimum Gasteiger partial charge on any atom is -0.496 e. The molecule has 0 saturated carbocycles. The lowest BCUT2D eigenvalue weighted by Crippen LogP contribution is -2.02. The third-order valence-electron chi connectivity index (χ3n) is 2.56. The number of hydrogen-bond donors (Lipinski definition) is 0. The first kappa shape index (κ1) is 11.9. The lowest BCUT2D eigenvalue weighted by molar-refractivity contribution is 0.393. The molecule has 1 aromatic rings. The summed E-state index contributed by atoms with van der Waals surface area (Å²) in [5, 5.41) is 0. The molecule has 0 amide bonds. The smallest absolute Gasteiger partial charge is 0.122 e. The second-order valence-corrected chi connectivity index (χ2v) is 4.17. The molecule has 0 N–H and O–H groups in total. The van der Waals surface area contributed by atoms with Crippen LogP contribution in [0.3, 0.4) is 0 Å². The Morgan fingerprint density at radius 3 is 2.07 bits per heavy atom. The van der Waals surface area contributed by atoms with Crippen molar-refractivity contribution >= 4 is 0 Å². The summed E-state index contributed by atoms with van der Waals surface area (Å²) in [6, 6.07) is 3.93. The third kappa shape index (κ3) is 2.65. The van der Waals surface area contributed by atoms with Crippen LogP contribution < -0.4 is 9.47 Å². The minimum atomic E-state index is 0.615. The van der Waals surface area contributed by atoms with Gasteiger partial charge in [0.15, 0.2) is 0 Å². The van der Waals surface area contributed by atoms with Crippen molar-refractivity contribution in [2.24, 2.45) is 5.92 Å². The molecule has 0 saturated heterocycles. The molecular formula is C13H20O2. The quantitative estimate of drug-likeness (QED) is 0.756. The second-order valence-electron chi connectivity index (χ2n) is 4.17. The summed E-state index contributed by atoms with van der Waals surface area (Å²) >= 11 is 0. The summed E-state index contributed by atoms with van der Waals surface area (Å²) < 4.78 is 10.7. The SMILES string of the molecule is COc1ccc(OC)c(CC(C)C)c1C. The summed E-state index contributed by atoms with van der Waals surface area (Å²) in [6.45, 7) is 6.50. The summed E-state index contributed by atoms with van der Waals surface area (Å²) in [5.74, 6) is 2.51. The van der Waals surface area contributed by atoms with Gasteiger partial charge in [-0.1, -0.05) is 13.8 Å². The van der Waals surface area contributed by atoms with E-state index in [9.17, 15) is 0 Å². The Labute approximate surface area is 92.2 Å². The zero-order valence-corrected chi connectivity index (χ0v) is 10.3. The maximum Gasteiger partial charge on any atom is 0.122 e. The van der Waals surface area contributed by atoms with Crippen molar-refractivity contribution in [3.8, 4) is 11.5 Å². The Kier molecular flexibility index (Phi) is 4.01. The number of benzene rings is 1. The van der Waals surface area contributed by atoms with E-state index in [2.05, 4.69) is 20.8 Å². The molecule has 0 aromatic heterocycles. The summed E-state index contributed by atoms with van der Waals surface area (Å²) in [6.07, 6.45) is 1.02. The number of methoxy groups -OCH3 is 2. The normalized spacial score (nSPS) is 10.5. The van der Waals surface area contributed by atoms with Gasteiger partial charge >= 0.3 is 0 Å². The highest BCUT2D eigenvalue weighted by Gasteiger charge is 2.12. The Morgan fingerprint density at radius 1 is 1.07 bits per heavy atom. The Morgan fingerprint density at radius 2 is 1.60 bits per heavy atom. The van der Waals surface area contributed by atoms with E-state index in [4.69, 9.17) is 9.47 Å². The van der Waals surface area contributed by atoms with E-state index < -0.39 is 0 Å². The van der Waals surface area contributed by atoms with E-state index in [1.165, 1.54) is 11.1 Å². The zero-order valence-electron chi connectivity index (χ0n) is 10.3. The van der Waals surface area contributed by atoms with Crippen molar-refractivity contribution in [3.05, 3.63) is 23.3 Å². The van der Waals surface area contributed by atoms with Gasteiger partial charge in [0.25, 0.3) is 0 Å². The molecule has 1 aromatic carbocycles. The van der Waals surface area contributed by atoms with Crippen molar-refractivity contribution in [2.75, 3.05) is 14.2 Å². The highest BCUT2D eigenvalue weighted by molar-refractivity contribution is 5.48. The fourth-order valence-electron chi connectivity index (χ4n) is 1.78. The first-order valence-electron chi connectivity index (χ1n) is 5.30. The standard InChI is InChI=1S/C13H20O2/c1-9(2)8-11-10(3)12(14-4)6-7-13(11)15-5/h6-7,9H,8H2,1-5H3. The number of rotatable bonds is 4. The van der Waals surface area contributed by atoms with Crippen LogP contribution in [0, 0.1) is 12.8 Å². The zero-order chi connectivity index (χ0) is 11.4. The van der Waals surface area contributed by atoms with Gasteiger partial charge in [0.1, 0.15) is 11.5 Å². The fourth-order valence-corrected chi connectivity index (χ4v) is 1.78. The molecule has 2 heteroatoms. The van der Waals surface area contributed by atoms with E-state index in [-0.39, 0.29) is 0 Å². The van der Waals surface area contributed by atoms with Gasteiger partial charge in [-0.2, -0.15) is 0 Å². The van der Waals surface area contributed by atoms with Crippen LogP contribution in [0.25, 0.3) is 0 Å². The monoisotopic (exact) mass is 208 g/mol. The molecule has 0 radical (unpaired) electrons. The summed E-state index contributed by atoms with van der Waals surface area (Å²) in [4.78, 5) is 0. The topological polar surface area (TPSA) is 18.5 Å². The molecule has 0 aliphatic heterocycles. The Balaban J connectivity index is 3.16. The highest BCUT2D eigenvalue weighted by Crippen LogP contribution is 2.31. The Hall–Kier alpha value is -1.18. The molecular weight excluding hydrogens is 188 g/mol. The molecule has 1 rings (SSSR count). The average molecular weight is 208 g/mol. The molecule has 2 nitrogen and oxygen atoms in total. The molecule has 0 spiro atoms. The van der Waals surface area contributed by atoms with Crippen LogP contribution in [-0.4, -0.2) is 14.2 Å². The Bertz CT molecular complexity index is 330. The first-order valence-corrected chi connectivity index (χ1v) is 5.30. The first-order chi connectivity index (χ1) is 7.10. The van der Waals surface area contributed by atoms with Crippen molar-refractivity contribution in [1.82, 2.24) is 0 Å². The van der Waals surface area contributed by atoms with Gasteiger partial charge in [0, 0.05) is 5.56 Å². The molecule has 0 unspecified atom stereocenters. The van der Waals surface area contributed by atoms with Gasteiger partial charge in [0.2, 0.25) is 0 Å². The van der Waals surface area contributed by atoms with E-state index in [1.54, 1.807) is 14.2 Å². The van der Waals surface area contributed by atoms with E-state index in [0.717, 1.165) is 17.9 Å². The largest absolute Gasteiger partial charge is 0.496 e. The molecule has 0 aliphatic carbocycles. The van der Waals surface area contributed by atoms with Crippen LogP contribution in [0.15, 0.2) is 12.1 Å². The van der Waals surface area contributed by atoms with Crippen molar-refractivity contribution < 1.29 is 9.47 Å². The van der Waals surface area contributed by atoms with Gasteiger partial charge in [-0.25, -0.2) is 0 Å². The van der Waals surface area contributed by atoms with E-state index >= 15 is 0 Å². The van der Waals surface area contributed by atoms with Crippen LogP contribution >= 0.6 is 0 Å². The maximum absolute atomic E-state index is 5.37. The average Bonchev–Trinajstić information content (AvgIpc) is 2.20. The molecule has 0 fully saturated rings. The molecule has 0 heterocycles. The van der Waals surface area contributed by atoms with Crippen molar-refractivity contribution in [3.63, 3.8) is 0 Å². The number of ether oxygens (including phenoxy) is 2. The fraction of sp³-hybridized carbons (Fsp3) is 0.538. The van der Waals surface area contributed by atoms with Gasteiger partial charge in [-0.05, 0) is 37.0 Å². The van der Waals surface area contributed by atoms with Crippen molar-refractivity contribution in [2.45, 2.75) is 27.2 Å². The van der Waals surface area contributed by atoms with Gasteiger partial charge < -0.3 is 9.47 Å². The van der Waals surface area contributed by atoms with Gasteiger partial charge in [-0.15, -0.1) is 0 Å². The number of hydrogen-bond acceptors (Lipinski definition) is 2. The van der Waals surface area contributed by atoms with Crippen LogP contribution in [-0.2, 0) is 6.42 Å². The van der Waals surface area contributed by atoms with Gasteiger partial charge in [-0.3, -0.25) is 0 Å².